The van der Waals surface area contributed by atoms with Crippen LogP contribution < -0.4 is 10.9 Å². The van der Waals surface area contributed by atoms with Crippen LogP contribution in [-0.2, 0) is 11.3 Å². The van der Waals surface area contributed by atoms with Crippen molar-refractivity contribution in [2.45, 2.75) is 6.54 Å². The highest BCUT2D eigenvalue weighted by Crippen LogP contribution is 2.15. The molecule has 0 unspecified atom stereocenters. The van der Waals surface area contributed by atoms with Gasteiger partial charge in [0, 0.05) is 15.9 Å². The van der Waals surface area contributed by atoms with Crippen LogP contribution in [0.2, 0.25) is 0 Å². The van der Waals surface area contributed by atoms with E-state index in [-0.39, 0.29) is 18.4 Å². The standard InChI is InChI=1S/C15H16BrN3O2S/c1-19(9-11-5-4-8-22-11)10-14(20)17-18-15(21)12-6-2-3-7-13(12)16/h2-8H,9-10H2,1H3,(H,17,20)(H,18,21). The minimum atomic E-state index is -0.360. The molecule has 0 aliphatic carbocycles. The maximum absolute atomic E-state index is 11.9. The van der Waals surface area contributed by atoms with Crippen LogP contribution in [0.25, 0.3) is 0 Å². The van der Waals surface area contributed by atoms with Crippen LogP contribution in [0.4, 0.5) is 0 Å². The van der Waals surface area contributed by atoms with Crippen molar-refractivity contribution in [1.82, 2.24) is 15.8 Å². The van der Waals surface area contributed by atoms with Gasteiger partial charge in [-0.15, -0.1) is 11.3 Å². The Balaban J connectivity index is 1.78. The molecule has 22 heavy (non-hydrogen) atoms. The Morgan fingerprint density at radius 2 is 1.95 bits per heavy atom. The van der Waals surface area contributed by atoms with Gasteiger partial charge in [-0.25, -0.2) is 0 Å². The van der Waals surface area contributed by atoms with E-state index in [0.29, 0.717) is 16.6 Å². The number of hydrazine groups is 1. The number of thiophene rings is 1. The molecule has 0 spiro atoms. The van der Waals surface area contributed by atoms with Crippen LogP contribution in [0.5, 0.6) is 0 Å². The van der Waals surface area contributed by atoms with Gasteiger partial charge in [0.15, 0.2) is 0 Å². The van der Waals surface area contributed by atoms with Crippen LogP contribution in [0.15, 0.2) is 46.3 Å². The summed E-state index contributed by atoms with van der Waals surface area (Å²) in [4.78, 5) is 26.8. The molecule has 1 aromatic carbocycles. The van der Waals surface area contributed by atoms with E-state index in [2.05, 4.69) is 26.8 Å². The number of rotatable bonds is 5. The van der Waals surface area contributed by atoms with E-state index in [0.717, 1.165) is 0 Å². The summed E-state index contributed by atoms with van der Waals surface area (Å²) >= 11 is 4.94. The number of carbonyl (C=O) groups is 2. The number of hydrogen-bond acceptors (Lipinski definition) is 4. The quantitative estimate of drug-likeness (QED) is 0.781. The third kappa shape index (κ3) is 4.94. The van der Waals surface area contributed by atoms with E-state index in [4.69, 9.17) is 0 Å². The van der Waals surface area contributed by atoms with Crippen LogP contribution in [0.3, 0.4) is 0 Å². The first-order chi connectivity index (χ1) is 10.6. The van der Waals surface area contributed by atoms with Gasteiger partial charge in [0.2, 0.25) is 0 Å². The number of nitrogens with zero attached hydrogens (tertiary/aromatic N) is 1. The van der Waals surface area contributed by atoms with Gasteiger partial charge in [-0.05, 0) is 46.6 Å². The molecular formula is C15H16BrN3O2S. The van der Waals surface area contributed by atoms with Gasteiger partial charge in [0.05, 0.1) is 12.1 Å². The molecular weight excluding hydrogens is 366 g/mol. The molecule has 0 aliphatic heterocycles. The topological polar surface area (TPSA) is 61.4 Å². The van der Waals surface area contributed by atoms with E-state index in [1.807, 2.05) is 35.5 Å². The van der Waals surface area contributed by atoms with Gasteiger partial charge in [-0.2, -0.15) is 0 Å². The Morgan fingerprint density at radius 3 is 2.64 bits per heavy atom. The Labute approximate surface area is 141 Å². The third-order valence-corrected chi connectivity index (χ3v) is 4.41. The van der Waals surface area contributed by atoms with Gasteiger partial charge in [-0.1, -0.05) is 18.2 Å². The smallest absolute Gasteiger partial charge is 0.270 e. The fourth-order valence-corrected chi connectivity index (χ4v) is 3.10. The summed E-state index contributed by atoms with van der Waals surface area (Å²) < 4.78 is 0.677. The first kappa shape index (κ1) is 16.7. The molecule has 2 amide bonds. The molecule has 0 radical (unpaired) electrons. The van der Waals surface area contributed by atoms with E-state index in [1.54, 1.807) is 29.5 Å². The summed E-state index contributed by atoms with van der Waals surface area (Å²) in [5.74, 6) is -0.624. The molecule has 7 heteroatoms. The number of hydrogen-bond donors (Lipinski definition) is 2. The second kappa shape index (κ2) is 8.07. The molecule has 1 aromatic heterocycles. The normalized spacial score (nSPS) is 10.5. The van der Waals surface area contributed by atoms with E-state index in [1.165, 1.54) is 4.88 Å². The largest absolute Gasteiger partial charge is 0.292 e. The highest BCUT2D eigenvalue weighted by atomic mass is 79.9. The van der Waals surface area contributed by atoms with Gasteiger partial charge in [-0.3, -0.25) is 25.3 Å². The summed E-state index contributed by atoms with van der Waals surface area (Å²) in [5.41, 5.74) is 5.30. The van der Waals surface area contributed by atoms with Crippen molar-refractivity contribution in [3.8, 4) is 0 Å². The van der Waals surface area contributed by atoms with Gasteiger partial charge >= 0.3 is 0 Å². The molecule has 2 N–H and O–H groups in total. The molecule has 0 atom stereocenters. The first-order valence-corrected chi connectivity index (χ1v) is 8.28. The lowest BCUT2D eigenvalue weighted by molar-refractivity contribution is -0.122. The second-order valence-corrected chi connectivity index (χ2v) is 6.62. The fourth-order valence-electron chi connectivity index (χ4n) is 1.85. The lowest BCUT2D eigenvalue weighted by atomic mass is 10.2. The zero-order chi connectivity index (χ0) is 15.9. The predicted molar refractivity (Wildman–Crippen MR) is 90.4 cm³/mol. The summed E-state index contributed by atoms with van der Waals surface area (Å²) in [6.07, 6.45) is 0. The van der Waals surface area contributed by atoms with Crippen molar-refractivity contribution < 1.29 is 9.59 Å². The summed E-state index contributed by atoms with van der Waals surface area (Å²) in [5, 5.41) is 2.00. The van der Waals surface area contributed by atoms with Crippen molar-refractivity contribution in [3.63, 3.8) is 0 Å². The number of likely N-dealkylation sites (N-methyl/N-ethyl adjacent to an activating group) is 1. The first-order valence-electron chi connectivity index (χ1n) is 6.61. The SMILES string of the molecule is CN(CC(=O)NNC(=O)c1ccccc1Br)Cc1cccs1. The minimum Gasteiger partial charge on any atom is -0.292 e. The van der Waals surface area contributed by atoms with Crippen LogP contribution in [0, 0.1) is 0 Å². The van der Waals surface area contributed by atoms with Gasteiger partial charge in [0.1, 0.15) is 0 Å². The average Bonchev–Trinajstić information content (AvgIpc) is 2.98. The summed E-state index contributed by atoms with van der Waals surface area (Å²) in [6.45, 7) is 0.900. The molecule has 0 aliphatic rings. The molecule has 5 nitrogen and oxygen atoms in total. The van der Waals surface area contributed by atoms with E-state index in [9.17, 15) is 9.59 Å². The van der Waals surface area contributed by atoms with Crippen LogP contribution in [0.1, 0.15) is 15.2 Å². The monoisotopic (exact) mass is 381 g/mol. The average molecular weight is 382 g/mol. The lowest BCUT2D eigenvalue weighted by Gasteiger charge is -2.15. The maximum atomic E-state index is 11.9. The molecule has 1 heterocycles. The van der Waals surface area contributed by atoms with Crippen molar-refractivity contribution in [3.05, 3.63) is 56.7 Å². The zero-order valence-electron chi connectivity index (χ0n) is 12.0. The molecule has 2 rings (SSSR count). The Morgan fingerprint density at radius 1 is 1.18 bits per heavy atom. The third-order valence-electron chi connectivity index (χ3n) is 2.85. The second-order valence-electron chi connectivity index (χ2n) is 4.73. The van der Waals surface area contributed by atoms with Crippen LogP contribution in [-0.4, -0.2) is 30.3 Å². The van der Waals surface area contributed by atoms with Crippen LogP contribution >= 0.6 is 27.3 Å². The van der Waals surface area contributed by atoms with E-state index < -0.39 is 0 Å². The summed E-state index contributed by atoms with van der Waals surface area (Å²) in [6, 6.07) is 11.0. The molecule has 116 valence electrons. The molecule has 2 aromatic rings. The number of carbonyl (C=O) groups excluding carboxylic acids is 2. The highest BCUT2D eigenvalue weighted by Gasteiger charge is 2.11. The molecule has 0 fully saturated rings. The zero-order valence-corrected chi connectivity index (χ0v) is 14.4. The Kier molecular flexibility index (Phi) is 6.11. The highest BCUT2D eigenvalue weighted by molar-refractivity contribution is 9.10. The summed E-state index contributed by atoms with van der Waals surface area (Å²) in [7, 11) is 1.86. The maximum Gasteiger partial charge on any atom is 0.270 e. The van der Waals surface area contributed by atoms with Crippen molar-refractivity contribution in [1.29, 1.82) is 0 Å². The Hall–Kier alpha value is -1.70. The predicted octanol–water partition coefficient (Wildman–Crippen LogP) is 2.40. The van der Waals surface area contributed by atoms with Crippen molar-refractivity contribution >= 4 is 39.1 Å². The number of halogens is 1. The fraction of sp³-hybridized carbons (Fsp3) is 0.200. The van der Waals surface area contributed by atoms with Crippen molar-refractivity contribution in [2.24, 2.45) is 0 Å². The Bertz CT molecular complexity index is 646. The minimum absolute atomic E-state index is 0.203. The molecule has 0 saturated heterocycles. The number of nitrogens with one attached hydrogen (secondary N) is 2. The van der Waals surface area contributed by atoms with E-state index >= 15 is 0 Å². The molecule has 0 saturated carbocycles. The van der Waals surface area contributed by atoms with Gasteiger partial charge < -0.3 is 0 Å². The number of amides is 2. The molecule has 0 bridgehead atoms. The lowest BCUT2D eigenvalue weighted by Crippen LogP contribution is -2.45. The van der Waals surface area contributed by atoms with Gasteiger partial charge in [0.25, 0.3) is 11.8 Å². The number of benzene rings is 1. The van der Waals surface area contributed by atoms with Crippen molar-refractivity contribution in [2.75, 3.05) is 13.6 Å².